The Hall–Kier alpha value is -0.820. The highest BCUT2D eigenvalue weighted by Crippen LogP contribution is 2.14. The highest BCUT2D eigenvalue weighted by Gasteiger charge is 2.06. The third-order valence-corrected chi connectivity index (χ3v) is 3.60. The fourth-order valence-electron chi connectivity index (χ4n) is 2.34. The number of rotatable bonds is 7. The van der Waals surface area contributed by atoms with Gasteiger partial charge in [-0.05, 0) is 56.8 Å². The molecule has 0 atom stereocenters. The number of hydrogen-bond donors (Lipinski definition) is 0. The quantitative estimate of drug-likeness (QED) is 0.682. The van der Waals surface area contributed by atoms with Gasteiger partial charge in [0, 0.05) is 6.54 Å². The Bertz CT molecular complexity index is 355. The van der Waals surface area contributed by atoms with Gasteiger partial charge in [0.1, 0.15) is 0 Å². The molecule has 0 amide bonds. The molecular weight excluding hydrogens is 218 g/mol. The van der Waals surface area contributed by atoms with Crippen molar-refractivity contribution in [2.75, 3.05) is 13.1 Å². The SMILES string of the molecule is CCN(CCCC(C)C)Cc1ccc(C)cc1C. The van der Waals surface area contributed by atoms with Gasteiger partial charge in [0.2, 0.25) is 0 Å². The number of nitrogens with zero attached hydrogens (tertiary/aromatic N) is 1. The Balaban J connectivity index is 2.51. The molecule has 0 aliphatic rings. The molecule has 0 bridgehead atoms. The summed E-state index contributed by atoms with van der Waals surface area (Å²) in [6, 6.07) is 6.80. The van der Waals surface area contributed by atoms with Crippen molar-refractivity contribution in [2.24, 2.45) is 5.92 Å². The minimum atomic E-state index is 0.824. The highest BCUT2D eigenvalue weighted by atomic mass is 15.1. The van der Waals surface area contributed by atoms with Crippen LogP contribution in [-0.4, -0.2) is 18.0 Å². The fourth-order valence-corrected chi connectivity index (χ4v) is 2.34. The van der Waals surface area contributed by atoms with Crippen molar-refractivity contribution in [2.45, 2.75) is 54.0 Å². The molecule has 1 nitrogen and oxygen atoms in total. The monoisotopic (exact) mass is 247 g/mol. The Morgan fingerprint density at radius 1 is 1.17 bits per heavy atom. The van der Waals surface area contributed by atoms with Gasteiger partial charge in [0.05, 0.1) is 0 Å². The molecule has 0 spiro atoms. The first-order valence-electron chi connectivity index (χ1n) is 7.31. The lowest BCUT2D eigenvalue weighted by atomic mass is 10.0. The topological polar surface area (TPSA) is 3.24 Å². The van der Waals surface area contributed by atoms with Crippen LogP contribution in [0.2, 0.25) is 0 Å². The van der Waals surface area contributed by atoms with Crippen molar-refractivity contribution in [1.82, 2.24) is 4.90 Å². The molecule has 0 unspecified atom stereocenters. The third-order valence-electron chi connectivity index (χ3n) is 3.60. The second kappa shape index (κ2) is 7.58. The van der Waals surface area contributed by atoms with E-state index in [1.807, 2.05) is 0 Å². The van der Waals surface area contributed by atoms with Gasteiger partial charge in [0.15, 0.2) is 0 Å². The highest BCUT2D eigenvalue weighted by molar-refractivity contribution is 5.30. The van der Waals surface area contributed by atoms with Gasteiger partial charge >= 0.3 is 0 Å². The van der Waals surface area contributed by atoms with Gasteiger partial charge in [-0.25, -0.2) is 0 Å². The zero-order chi connectivity index (χ0) is 13.5. The molecule has 0 fully saturated rings. The number of aryl methyl sites for hydroxylation is 2. The van der Waals surface area contributed by atoms with Crippen LogP contribution in [0.3, 0.4) is 0 Å². The normalized spacial score (nSPS) is 11.5. The minimum absolute atomic E-state index is 0.824. The molecule has 1 aromatic rings. The number of hydrogen-bond acceptors (Lipinski definition) is 1. The summed E-state index contributed by atoms with van der Waals surface area (Å²) in [5, 5.41) is 0. The van der Waals surface area contributed by atoms with Gasteiger partial charge in [-0.15, -0.1) is 0 Å². The van der Waals surface area contributed by atoms with Crippen LogP contribution in [0.4, 0.5) is 0 Å². The van der Waals surface area contributed by atoms with Gasteiger partial charge in [-0.3, -0.25) is 4.90 Å². The Morgan fingerprint density at radius 3 is 2.44 bits per heavy atom. The van der Waals surface area contributed by atoms with Crippen LogP contribution in [0.25, 0.3) is 0 Å². The van der Waals surface area contributed by atoms with Gasteiger partial charge < -0.3 is 0 Å². The summed E-state index contributed by atoms with van der Waals surface area (Å²) in [6.45, 7) is 14.7. The molecule has 1 aromatic carbocycles. The molecule has 0 aliphatic carbocycles. The molecule has 0 aromatic heterocycles. The molecule has 0 N–H and O–H groups in total. The third kappa shape index (κ3) is 5.22. The molecule has 18 heavy (non-hydrogen) atoms. The average molecular weight is 247 g/mol. The van der Waals surface area contributed by atoms with Crippen molar-refractivity contribution < 1.29 is 0 Å². The van der Waals surface area contributed by atoms with Crippen LogP contribution in [0.5, 0.6) is 0 Å². The van der Waals surface area contributed by atoms with Crippen molar-refractivity contribution in [1.29, 1.82) is 0 Å². The Labute approximate surface area is 113 Å². The maximum atomic E-state index is 2.56. The first-order chi connectivity index (χ1) is 8.52. The molecule has 1 rings (SSSR count). The van der Waals surface area contributed by atoms with E-state index in [0.717, 1.165) is 19.0 Å². The van der Waals surface area contributed by atoms with E-state index in [1.165, 1.54) is 36.1 Å². The Kier molecular flexibility index (Phi) is 6.42. The molecule has 0 aliphatic heterocycles. The predicted octanol–water partition coefficient (Wildman–Crippen LogP) is 4.56. The first kappa shape index (κ1) is 15.2. The molecule has 0 heterocycles. The standard InChI is InChI=1S/C17H29N/c1-6-18(11-7-8-14(2)3)13-17-10-9-15(4)12-16(17)5/h9-10,12,14H,6-8,11,13H2,1-5H3. The van der Waals surface area contributed by atoms with E-state index in [2.05, 4.69) is 57.7 Å². The second-order valence-corrected chi connectivity index (χ2v) is 5.83. The smallest absolute Gasteiger partial charge is 0.0236 e. The van der Waals surface area contributed by atoms with E-state index < -0.39 is 0 Å². The minimum Gasteiger partial charge on any atom is -0.299 e. The van der Waals surface area contributed by atoms with Crippen LogP contribution < -0.4 is 0 Å². The van der Waals surface area contributed by atoms with Gasteiger partial charge in [-0.2, -0.15) is 0 Å². The average Bonchev–Trinajstić information content (AvgIpc) is 2.30. The summed E-state index contributed by atoms with van der Waals surface area (Å²) in [4.78, 5) is 2.56. The van der Waals surface area contributed by atoms with Gasteiger partial charge in [0.25, 0.3) is 0 Å². The molecule has 0 saturated heterocycles. The maximum Gasteiger partial charge on any atom is 0.0236 e. The van der Waals surface area contributed by atoms with E-state index in [0.29, 0.717) is 0 Å². The summed E-state index contributed by atoms with van der Waals surface area (Å²) in [7, 11) is 0. The lowest BCUT2D eigenvalue weighted by Crippen LogP contribution is -2.24. The molecular formula is C17H29N. The molecule has 0 radical (unpaired) electrons. The lowest BCUT2D eigenvalue weighted by molar-refractivity contribution is 0.268. The van der Waals surface area contributed by atoms with Crippen molar-refractivity contribution >= 4 is 0 Å². The maximum absolute atomic E-state index is 2.56. The van der Waals surface area contributed by atoms with E-state index in [1.54, 1.807) is 0 Å². The largest absolute Gasteiger partial charge is 0.299 e. The van der Waals surface area contributed by atoms with Crippen molar-refractivity contribution in [3.8, 4) is 0 Å². The van der Waals surface area contributed by atoms with Crippen molar-refractivity contribution in [3.05, 3.63) is 34.9 Å². The van der Waals surface area contributed by atoms with E-state index >= 15 is 0 Å². The molecule has 1 heteroatoms. The van der Waals surface area contributed by atoms with Crippen molar-refractivity contribution in [3.63, 3.8) is 0 Å². The summed E-state index contributed by atoms with van der Waals surface area (Å²) in [6.07, 6.45) is 2.65. The predicted molar refractivity (Wildman–Crippen MR) is 80.9 cm³/mol. The summed E-state index contributed by atoms with van der Waals surface area (Å²) in [5.74, 6) is 0.824. The zero-order valence-electron chi connectivity index (χ0n) is 12.8. The van der Waals surface area contributed by atoms with Crippen LogP contribution in [0.1, 0.15) is 50.3 Å². The number of benzene rings is 1. The summed E-state index contributed by atoms with van der Waals surface area (Å²) >= 11 is 0. The van der Waals surface area contributed by atoms with Crippen LogP contribution >= 0.6 is 0 Å². The summed E-state index contributed by atoms with van der Waals surface area (Å²) < 4.78 is 0. The molecule has 102 valence electrons. The molecule has 0 saturated carbocycles. The van der Waals surface area contributed by atoms with Crippen LogP contribution in [-0.2, 0) is 6.54 Å². The van der Waals surface area contributed by atoms with Gasteiger partial charge in [-0.1, -0.05) is 44.5 Å². The first-order valence-corrected chi connectivity index (χ1v) is 7.31. The lowest BCUT2D eigenvalue weighted by Gasteiger charge is -2.22. The Morgan fingerprint density at radius 2 is 1.89 bits per heavy atom. The second-order valence-electron chi connectivity index (χ2n) is 5.83. The van der Waals surface area contributed by atoms with E-state index in [-0.39, 0.29) is 0 Å². The zero-order valence-corrected chi connectivity index (χ0v) is 12.8. The van der Waals surface area contributed by atoms with Crippen LogP contribution in [0, 0.1) is 19.8 Å². The van der Waals surface area contributed by atoms with E-state index in [9.17, 15) is 0 Å². The fraction of sp³-hybridized carbons (Fsp3) is 0.647. The van der Waals surface area contributed by atoms with E-state index in [4.69, 9.17) is 0 Å². The van der Waals surface area contributed by atoms with Crippen LogP contribution in [0.15, 0.2) is 18.2 Å². The summed E-state index contributed by atoms with van der Waals surface area (Å²) in [5.41, 5.74) is 4.27.